The summed E-state index contributed by atoms with van der Waals surface area (Å²) in [6.45, 7) is 7.24. The van der Waals surface area contributed by atoms with Gasteiger partial charge in [0.25, 0.3) is 0 Å². The third-order valence-corrected chi connectivity index (χ3v) is 8.10. The molecular formula is C26H29BrN2O3S. The first kappa shape index (κ1) is 25.1. The molecule has 0 aliphatic rings. The molecule has 3 aromatic carbocycles. The number of aryl methyl sites for hydroxylation is 3. The minimum Gasteiger partial charge on any atom is -0.348 e. The summed E-state index contributed by atoms with van der Waals surface area (Å²) >= 11 is 3.41. The number of halogens is 1. The van der Waals surface area contributed by atoms with E-state index in [0.717, 1.165) is 21.2 Å². The molecule has 1 amide bonds. The van der Waals surface area contributed by atoms with Gasteiger partial charge in [0.2, 0.25) is 15.9 Å². The molecule has 0 saturated carbocycles. The van der Waals surface area contributed by atoms with Crippen LogP contribution in [0.15, 0.2) is 76.1 Å². The summed E-state index contributed by atoms with van der Waals surface area (Å²) < 4.78 is 29.7. The third-order valence-electron chi connectivity index (χ3n) is 5.47. The van der Waals surface area contributed by atoms with E-state index in [1.807, 2.05) is 80.6 Å². The van der Waals surface area contributed by atoms with Crippen molar-refractivity contribution in [2.24, 2.45) is 0 Å². The van der Waals surface area contributed by atoms with Crippen LogP contribution in [0.5, 0.6) is 0 Å². The molecule has 0 aliphatic heterocycles. The zero-order valence-electron chi connectivity index (χ0n) is 19.3. The summed E-state index contributed by atoms with van der Waals surface area (Å²) in [5, 5.41) is 2.93. The van der Waals surface area contributed by atoms with Crippen LogP contribution in [-0.2, 0) is 21.4 Å². The number of nitrogens with one attached hydrogen (secondary N) is 1. The van der Waals surface area contributed by atoms with Crippen LogP contribution in [0.4, 0.5) is 0 Å². The summed E-state index contributed by atoms with van der Waals surface area (Å²) in [5.41, 5.74) is 4.11. The average molecular weight is 530 g/mol. The number of hydrogen-bond donors (Lipinski definition) is 1. The molecule has 0 saturated heterocycles. The molecule has 1 N–H and O–H groups in total. The number of sulfonamides is 1. The molecule has 0 heterocycles. The van der Waals surface area contributed by atoms with E-state index < -0.39 is 10.0 Å². The summed E-state index contributed by atoms with van der Waals surface area (Å²) in [7, 11) is -3.91. The topological polar surface area (TPSA) is 66.5 Å². The van der Waals surface area contributed by atoms with E-state index in [-0.39, 0.29) is 29.9 Å². The minimum atomic E-state index is -3.91. The van der Waals surface area contributed by atoms with Gasteiger partial charge in [-0.2, -0.15) is 4.31 Å². The Morgan fingerprint density at radius 1 is 0.970 bits per heavy atom. The van der Waals surface area contributed by atoms with Gasteiger partial charge in [0, 0.05) is 11.0 Å². The molecule has 0 unspecified atom stereocenters. The van der Waals surface area contributed by atoms with Crippen molar-refractivity contribution in [3.8, 4) is 0 Å². The van der Waals surface area contributed by atoms with E-state index in [0.29, 0.717) is 11.1 Å². The highest BCUT2D eigenvalue weighted by molar-refractivity contribution is 9.10. The number of carbonyl (C=O) groups excluding carboxylic acids is 1. The molecule has 7 heteroatoms. The van der Waals surface area contributed by atoms with Crippen molar-refractivity contribution in [2.75, 3.05) is 6.54 Å². The second-order valence-electron chi connectivity index (χ2n) is 8.33. The van der Waals surface area contributed by atoms with Crippen LogP contribution in [0.3, 0.4) is 0 Å². The maximum atomic E-state index is 13.8. The molecule has 0 spiro atoms. The van der Waals surface area contributed by atoms with Crippen LogP contribution in [-0.4, -0.2) is 25.2 Å². The average Bonchev–Trinajstić information content (AvgIpc) is 2.73. The second kappa shape index (κ2) is 10.6. The lowest BCUT2D eigenvalue weighted by atomic mass is 10.1. The van der Waals surface area contributed by atoms with Gasteiger partial charge in [0.05, 0.1) is 17.5 Å². The van der Waals surface area contributed by atoms with E-state index in [1.54, 1.807) is 13.8 Å². The summed E-state index contributed by atoms with van der Waals surface area (Å²) in [5.74, 6) is -0.354. The van der Waals surface area contributed by atoms with Gasteiger partial charge >= 0.3 is 0 Å². The highest BCUT2D eigenvalue weighted by Crippen LogP contribution is 2.26. The smallest absolute Gasteiger partial charge is 0.244 e. The molecule has 3 rings (SSSR count). The molecule has 0 bridgehead atoms. The highest BCUT2D eigenvalue weighted by Gasteiger charge is 2.30. The van der Waals surface area contributed by atoms with E-state index in [1.165, 1.54) is 4.31 Å². The van der Waals surface area contributed by atoms with Crippen molar-refractivity contribution < 1.29 is 13.2 Å². The lowest BCUT2D eigenvalue weighted by Gasteiger charge is -2.25. The third kappa shape index (κ3) is 6.31. The van der Waals surface area contributed by atoms with Gasteiger partial charge in [-0.3, -0.25) is 4.79 Å². The lowest BCUT2D eigenvalue weighted by Crippen LogP contribution is -2.41. The maximum absolute atomic E-state index is 13.8. The Kier molecular flexibility index (Phi) is 8.10. The molecule has 0 aromatic heterocycles. The van der Waals surface area contributed by atoms with Gasteiger partial charge in [-0.1, -0.05) is 76.1 Å². The monoisotopic (exact) mass is 528 g/mol. The molecule has 1 atom stereocenters. The molecule has 0 fully saturated rings. The van der Waals surface area contributed by atoms with Gasteiger partial charge in [-0.25, -0.2) is 8.42 Å². The summed E-state index contributed by atoms with van der Waals surface area (Å²) in [6, 6.07) is 20.4. The first-order chi connectivity index (χ1) is 15.6. The van der Waals surface area contributed by atoms with Crippen LogP contribution < -0.4 is 5.32 Å². The molecule has 0 radical (unpaired) electrons. The lowest BCUT2D eigenvalue weighted by molar-refractivity contribution is -0.122. The molecule has 5 nitrogen and oxygen atoms in total. The van der Waals surface area contributed by atoms with Gasteiger partial charge in [-0.15, -0.1) is 0 Å². The summed E-state index contributed by atoms with van der Waals surface area (Å²) in [6.07, 6.45) is 0. The Bertz CT molecular complexity index is 1200. The zero-order chi connectivity index (χ0) is 24.2. The van der Waals surface area contributed by atoms with Crippen LogP contribution in [0, 0.1) is 20.8 Å². The molecule has 3 aromatic rings. The van der Waals surface area contributed by atoms with Crippen molar-refractivity contribution >= 4 is 31.9 Å². The van der Waals surface area contributed by atoms with Crippen LogP contribution in [0.2, 0.25) is 0 Å². The van der Waals surface area contributed by atoms with Gasteiger partial charge in [0.1, 0.15) is 0 Å². The zero-order valence-corrected chi connectivity index (χ0v) is 21.7. The van der Waals surface area contributed by atoms with Gasteiger partial charge in [0.15, 0.2) is 0 Å². The highest BCUT2D eigenvalue weighted by atomic mass is 79.9. The van der Waals surface area contributed by atoms with Crippen molar-refractivity contribution in [1.29, 1.82) is 0 Å². The number of amides is 1. The Morgan fingerprint density at radius 2 is 1.55 bits per heavy atom. The standard InChI is InChI=1S/C26H29BrN2O3S/c1-18-14-19(2)26(20(3)15-18)33(31,32)29(16-22-8-6-5-7-9-22)17-25(30)28-21(4)23-10-12-24(27)13-11-23/h5-15,21H,16-17H2,1-4H3,(H,28,30)/t21-/m1/s1. The number of nitrogens with zero attached hydrogens (tertiary/aromatic N) is 1. The Labute approximate surface area is 205 Å². The number of carbonyl (C=O) groups is 1. The van der Waals surface area contributed by atoms with Crippen molar-refractivity contribution in [1.82, 2.24) is 9.62 Å². The number of rotatable bonds is 8. The Morgan fingerprint density at radius 3 is 2.12 bits per heavy atom. The molecular weight excluding hydrogens is 500 g/mol. The Hall–Kier alpha value is -2.48. The molecule has 33 heavy (non-hydrogen) atoms. The van der Waals surface area contributed by atoms with Gasteiger partial charge < -0.3 is 5.32 Å². The van der Waals surface area contributed by atoms with Crippen molar-refractivity contribution in [2.45, 2.75) is 45.2 Å². The van der Waals surface area contributed by atoms with E-state index in [2.05, 4.69) is 21.2 Å². The maximum Gasteiger partial charge on any atom is 0.244 e. The predicted octanol–water partition coefficient (Wildman–Crippen LogP) is 5.44. The molecule has 174 valence electrons. The quantitative estimate of drug-likeness (QED) is 0.423. The second-order valence-corrected chi connectivity index (χ2v) is 11.1. The van der Waals surface area contributed by atoms with E-state index >= 15 is 0 Å². The first-order valence-electron chi connectivity index (χ1n) is 10.7. The van der Waals surface area contributed by atoms with Crippen LogP contribution in [0.25, 0.3) is 0 Å². The Balaban J connectivity index is 1.90. The van der Waals surface area contributed by atoms with Crippen LogP contribution in [0.1, 0.15) is 40.8 Å². The van der Waals surface area contributed by atoms with Crippen molar-refractivity contribution in [3.05, 3.63) is 99.0 Å². The number of benzene rings is 3. The van der Waals surface area contributed by atoms with E-state index in [9.17, 15) is 13.2 Å². The minimum absolute atomic E-state index is 0.107. The van der Waals surface area contributed by atoms with Crippen molar-refractivity contribution in [3.63, 3.8) is 0 Å². The van der Waals surface area contributed by atoms with Crippen LogP contribution >= 0.6 is 15.9 Å². The van der Waals surface area contributed by atoms with E-state index in [4.69, 9.17) is 0 Å². The summed E-state index contributed by atoms with van der Waals surface area (Å²) in [4.78, 5) is 13.2. The normalized spacial score (nSPS) is 12.5. The largest absolute Gasteiger partial charge is 0.348 e. The first-order valence-corrected chi connectivity index (χ1v) is 13.0. The SMILES string of the molecule is Cc1cc(C)c(S(=O)(=O)N(CC(=O)N[C@H](C)c2ccc(Br)cc2)Cc2ccccc2)c(C)c1. The molecule has 0 aliphatic carbocycles. The predicted molar refractivity (Wildman–Crippen MR) is 135 cm³/mol. The fraction of sp³-hybridized carbons (Fsp3) is 0.269. The fourth-order valence-electron chi connectivity index (χ4n) is 4.00. The number of hydrogen-bond acceptors (Lipinski definition) is 3. The van der Waals surface area contributed by atoms with Gasteiger partial charge in [-0.05, 0) is 62.1 Å². The fourth-order valence-corrected chi connectivity index (χ4v) is 6.06.